The van der Waals surface area contributed by atoms with Crippen molar-refractivity contribution in [2.24, 2.45) is 0 Å². The van der Waals surface area contributed by atoms with Gasteiger partial charge in [-0.25, -0.2) is 0 Å². The summed E-state index contributed by atoms with van der Waals surface area (Å²) >= 11 is 5.90. The van der Waals surface area contributed by atoms with E-state index in [0.29, 0.717) is 17.3 Å². The van der Waals surface area contributed by atoms with Crippen molar-refractivity contribution in [2.45, 2.75) is 6.04 Å². The number of nitrogens with one attached hydrogen (secondary N) is 1. The number of benzene rings is 2. The summed E-state index contributed by atoms with van der Waals surface area (Å²) in [5.74, 6) is 0.250. The number of rotatable bonds is 6. The van der Waals surface area contributed by atoms with Crippen LogP contribution in [0.1, 0.15) is 22.1 Å². The van der Waals surface area contributed by atoms with Gasteiger partial charge in [-0.05, 0) is 43.9 Å². The van der Waals surface area contributed by atoms with Gasteiger partial charge in [-0.2, -0.15) is 0 Å². The Balaban J connectivity index is 1.76. The maximum absolute atomic E-state index is 12.6. The number of carbonyl (C=O) groups is 1. The first-order valence-electron chi connectivity index (χ1n) is 8.26. The summed E-state index contributed by atoms with van der Waals surface area (Å²) in [6, 6.07) is 18.5. The highest BCUT2D eigenvalue weighted by Gasteiger charge is 2.19. The molecule has 0 unspecified atom stereocenters. The molecule has 5 nitrogen and oxygen atoms in total. The van der Waals surface area contributed by atoms with Gasteiger partial charge >= 0.3 is 0 Å². The summed E-state index contributed by atoms with van der Waals surface area (Å²) in [5, 5.41) is 7.58. The highest BCUT2D eigenvalue weighted by molar-refractivity contribution is 6.30. The van der Waals surface area contributed by atoms with Crippen LogP contribution in [0.4, 0.5) is 0 Å². The van der Waals surface area contributed by atoms with Gasteiger partial charge in [-0.15, -0.1) is 0 Å². The molecule has 3 rings (SSSR count). The van der Waals surface area contributed by atoms with Crippen LogP contribution in [0, 0.1) is 0 Å². The first-order valence-corrected chi connectivity index (χ1v) is 8.64. The minimum atomic E-state index is -0.273. The smallest absolute Gasteiger partial charge is 0.274 e. The molecule has 1 heterocycles. The van der Waals surface area contributed by atoms with E-state index >= 15 is 0 Å². The second-order valence-corrected chi connectivity index (χ2v) is 6.72. The van der Waals surface area contributed by atoms with E-state index in [-0.39, 0.29) is 17.6 Å². The fraction of sp³-hybridized carbons (Fsp3) is 0.200. The Morgan fingerprint density at radius 3 is 2.50 bits per heavy atom. The van der Waals surface area contributed by atoms with Crippen LogP contribution in [0.5, 0.6) is 0 Å². The Bertz CT molecular complexity index is 860. The maximum atomic E-state index is 12.6. The maximum Gasteiger partial charge on any atom is 0.274 e. The topological polar surface area (TPSA) is 58.4 Å². The van der Waals surface area contributed by atoms with Crippen LogP contribution in [0.3, 0.4) is 0 Å². The summed E-state index contributed by atoms with van der Waals surface area (Å²) in [7, 11) is 3.94. The fourth-order valence-corrected chi connectivity index (χ4v) is 2.78. The van der Waals surface area contributed by atoms with Crippen LogP contribution in [-0.2, 0) is 0 Å². The average Bonchev–Trinajstić information content (AvgIpc) is 3.12. The van der Waals surface area contributed by atoms with Gasteiger partial charge in [0.15, 0.2) is 11.5 Å². The molecule has 0 aliphatic heterocycles. The van der Waals surface area contributed by atoms with Gasteiger partial charge in [0.25, 0.3) is 5.91 Å². The Morgan fingerprint density at radius 2 is 1.85 bits per heavy atom. The molecule has 3 aromatic rings. The molecule has 0 bridgehead atoms. The standard InChI is InChI=1S/C20H20ClN3O2/c1-24(2)13-18(14-6-4-3-5-7-14)22-20(25)17-12-19(26-23-17)15-8-10-16(21)11-9-15/h3-12,18H,13H2,1-2H3,(H,22,25)/t18-/m0/s1. The van der Waals surface area contributed by atoms with Crippen molar-refractivity contribution in [3.63, 3.8) is 0 Å². The van der Waals surface area contributed by atoms with E-state index in [1.165, 1.54) is 0 Å². The first kappa shape index (κ1) is 18.2. The number of hydrogen-bond acceptors (Lipinski definition) is 4. The Morgan fingerprint density at radius 1 is 1.15 bits per heavy atom. The number of halogens is 1. The van der Waals surface area contributed by atoms with E-state index < -0.39 is 0 Å². The third-order valence-corrected chi connectivity index (χ3v) is 4.18. The van der Waals surface area contributed by atoms with E-state index in [0.717, 1.165) is 11.1 Å². The fourth-order valence-electron chi connectivity index (χ4n) is 2.65. The van der Waals surface area contributed by atoms with Crippen LogP contribution < -0.4 is 5.32 Å². The second kappa shape index (κ2) is 8.17. The number of carbonyl (C=O) groups excluding carboxylic acids is 1. The van der Waals surface area contributed by atoms with Crippen LogP contribution in [0.2, 0.25) is 5.02 Å². The van der Waals surface area contributed by atoms with Crippen LogP contribution in [0.25, 0.3) is 11.3 Å². The number of likely N-dealkylation sites (N-methyl/N-ethyl adjacent to an activating group) is 1. The zero-order chi connectivity index (χ0) is 18.5. The van der Waals surface area contributed by atoms with Crippen molar-refractivity contribution in [3.05, 3.63) is 76.9 Å². The predicted molar refractivity (Wildman–Crippen MR) is 102 cm³/mol. The highest BCUT2D eigenvalue weighted by Crippen LogP contribution is 2.23. The molecule has 0 fully saturated rings. The summed E-state index contributed by atoms with van der Waals surface area (Å²) in [6.07, 6.45) is 0. The van der Waals surface area contributed by atoms with Crippen molar-refractivity contribution >= 4 is 17.5 Å². The zero-order valence-corrected chi connectivity index (χ0v) is 15.4. The van der Waals surface area contributed by atoms with Gasteiger partial charge in [0, 0.05) is 23.2 Å². The molecule has 0 aliphatic carbocycles. The number of hydrogen-bond donors (Lipinski definition) is 1. The molecule has 1 aromatic heterocycles. The second-order valence-electron chi connectivity index (χ2n) is 6.28. The van der Waals surface area contributed by atoms with E-state index in [2.05, 4.69) is 10.5 Å². The van der Waals surface area contributed by atoms with Crippen molar-refractivity contribution in [3.8, 4) is 11.3 Å². The molecular formula is C20H20ClN3O2. The van der Waals surface area contributed by atoms with Gasteiger partial charge in [-0.3, -0.25) is 4.79 Å². The van der Waals surface area contributed by atoms with Gasteiger partial charge in [0.2, 0.25) is 0 Å². The molecule has 1 N–H and O–H groups in total. The van der Waals surface area contributed by atoms with Gasteiger partial charge in [-0.1, -0.05) is 47.1 Å². The molecule has 2 aromatic carbocycles. The Kier molecular flexibility index (Phi) is 5.71. The van der Waals surface area contributed by atoms with E-state index in [9.17, 15) is 4.79 Å². The molecule has 134 valence electrons. The summed E-state index contributed by atoms with van der Waals surface area (Å²) < 4.78 is 5.32. The predicted octanol–water partition coefficient (Wildman–Crippen LogP) is 4.03. The van der Waals surface area contributed by atoms with Gasteiger partial charge < -0.3 is 14.7 Å². The van der Waals surface area contributed by atoms with Crippen LogP contribution in [0.15, 0.2) is 65.2 Å². The summed E-state index contributed by atoms with van der Waals surface area (Å²) in [5.41, 5.74) is 2.10. The molecule has 1 atom stereocenters. The highest BCUT2D eigenvalue weighted by atomic mass is 35.5. The largest absolute Gasteiger partial charge is 0.355 e. The molecule has 6 heteroatoms. The van der Waals surface area contributed by atoms with E-state index in [4.69, 9.17) is 16.1 Å². The van der Waals surface area contributed by atoms with Crippen LogP contribution in [-0.4, -0.2) is 36.6 Å². The third kappa shape index (κ3) is 4.50. The average molecular weight is 370 g/mol. The number of nitrogens with zero attached hydrogens (tertiary/aromatic N) is 2. The van der Waals surface area contributed by atoms with Crippen molar-refractivity contribution in [1.29, 1.82) is 0 Å². The lowest BCUT2D eigenvalue weighted by Gasteiger charge is -2.22. The lowest BCUT2D eigenvalue weighted by molar-refractivity contribution is 0.0921. The lowest BCUT2D eigenvalue weighted by Crippen LogP contribution is -2.35. The van der Waals surface area contributed by atoms with E-state index in [1.54, 1.807) is 18.2 Å². The summed E-state index contributed by atoms with van der Waals surface area (Å²) in [6.45, 7) is 0.678. The minimum absolute atomic E-state index is 0.144. The molecule has 0 saturated carbocycles. The first-order chi connectivity index (χ1) is 12.5. The van der Waals surface area contributed by atoms with Crippen molar-refractivity contribution in [1.82, 2.24) is 15.4 Å². The lowest BCUT2D eigenvalue weighted by atomic mass is 10.1. The van der Waals surface area contributed by atoms with Crippen molar-refractivity contribution < 1.29 is 9.32 Å². The minimum Gasteiger partial charge on any atom is -0.355 e. The van der Waals surface area contributed by atoms with Crippen LogP contribution >= 0.6 is 11.6 Å². The van der Waals surface area contributed by atoms with Gasteiger partial charge in [0.05, 0.1) is 6.04 Å². The molecule has 26 heavy (non-hydrogen) atoms. The molecule has 0 saturated heterocycles. The Labute approximate surface area is 157 Å². The number of aromatic nitrogens is 1. The monoisotopic (exact) mass is 369 g/mol. The zero-order valence-electron chi connectivity index (χ0n) is 14.6. The van der Waals surface area contributed by atoms with Gasteiger partial charge in [0.1, 0.15) is 0 Å². The van der Waals surface area contributed by atoms with Crippen molar-refractivity contribution in [2.75, 3.05) is 20.6 Å². The SMILES string of the molecule is CN(C)C[C@H](NC(=O)c1cc(-c2ccc(Cl)cc2)on1)c1ccccc1. The Hall–Kier alpha value is -2.63. The summed E-state index contributed by atoms with van der Waals surface area (Å²) in [4.78, 5) is 14.7. The molecule has 0 spiro atoms. The number of amides is 1. The molecule has 0 radical (unpaired) electrons. The molecular weight excluding hydrogens is 350 g/mol. The molecule has 1 amide bonds. The quantitative estimate of drug-likeness (QED) is 0.712. The van der Waals surface area contributed by atoms with E-state index in [1.807, 2.05) is 61.5 Å². The molecule has 0 aliphatic rings. The third-order valence-electron chi connectivity index (χ3n) is 3.93. The normalized spacial score (nSPS) is 12.2.